The monoisotopic (exact) mass is 309 g/mol. The predicted octanol–water partition coefficient (Wildman–Crippen LogP) is 4.09. The molecule has 2 aromatic rings. The molecule has 0 unspecified atom stereocenters. The van der Waals surface area contributed by atoms with Crippen LogP contribution in [0.25, 0.3) is 11.6 Å². The van der Waals surface area contributed by atoms with Crippen molar-refractivity contribution in [3.63, 3.8) is 0 Å². The number of nitrogens with zero attached hydrogens (tertiary/aromatic N) is 1. The minimum atomic E-state index is 0.555. The van der Waals surface area contributed by atoms with Crippen molar-refractivity contribution < 1.29 is 14.2 Å². The van der Waals surface area contributed by atoms with Crippen molar-refractivity contribution in [2.45, 2.75) is 6.92 Å². The maximum Gasteiger partial charge on any atom is 0.164 e. The van der Waals surface area contributed by atoms with Crippen LogP contribution in [0.1, 0.15) is 16.7 Å². The van der Waals surface area contributed by atoms with E-state index in [0.717, 1.165) is 16.7 Å². The Morgan fingerprint density at radius 1 is 0.957 bits per heavy atom. The summed E-state index contributed by atoms with van der Waals surface area (Å²) in [5.74, 6) is 1.78. The van der Waals surface area contributed by atoms with Gasteiger partial charge in [-0.3, -0.25) is 0 Å². The van der Waals surface area contributed by atoms with Crippen LogP contribution in [0.3, 0.4) is 0 Å². The molecule has 0 heterocycles. The van der Waals surface area contributed by atoms with E-state index < -0.39 is 0 Å². The maximum absolute atomic E-state index is 9.51. The van der Waals surface area contributed by atoms with Crippen molar-refractivity contribution in [3.8, 4) is 23.3 Å². The van der Waals surface area contributed by atoms with E-state index in [4.69, 9.17) is 14.2 Å². The fourth-order valence-electron chi connectivity index (χ4n) is 2.31. The first-order valence-corrected chi connectivity index (χ1v) is 7.11. The van der Waals surface area contributed by atoms with E-state index in [9.17, 15) is 5.26 Å². The largest absolute Gasteiger partial charge is 0.496 e. The maximum atomic E-state index is 9.51. The van der Waals surface area contributed by atoms with Gasteiger partial charge in [-0.05, 0) is 24.6 Å². The highest BCUT2D eigenvalue weighted by Gasteiger charge is 2.12. The smallest absolute Gasteiger partial charge is 0.164 e. The third-order valence-corrected chi connectivity index (χ3v) is 3.49. The van der Waals surface area contributed by atoms with Gasteiger partial charge in [0.2, 0.25) is 0 Å². The summed E-state index contributed by atoms with van der Waals surface area (Å²) in [6.45, 7) is 2.00. The molecule has 0 aromatic heterocycles. The van der Waals surface area contributed by atoms with Crippen LogP contribution in [0, 0.1) is 18.3 Å². The molecule has 0 N–H and O–H groups in total. The van der Waals surface area contributed by atoms with Gasteiger partial charge in [0.05, 0.1) is 33.0 Å². The van der Waals surface area contributed by atoms with Crippen LogP contribution in [0.5, 0.6) is 17.2 Å². The summed E-state index contributed by atoms with van der Waals surface area (Å²) in [5.41, 5.74) is 3.27. The summed E-state index contributed by atoms with van der Waals surface area (Å²) in [6, 6.07) is 13.6. The molecule has 0 radical (unpaired) electrons. The molecular formula is C19H19NO3. The molecule has 23 heavy (non-hydrogen) atoms. The van der Waals surface area contributed by atoms with Gasteiger partial charge in [0.15, 0.2) is 11.5 Å². The van der Waals surface area contributed by atoms with Gasteiger partial charge in [-0.2, -0.15) is 5.26 Å². The van der Waals surface area contributed by atoms with Crippen molar-refractivity contribution in [2.24, 2.45) is 0 Å². The molecule has 0 fully saturated rings. The van der Waals surface area contributed by atoms with Crippen LogP contribution in [-0.4, -0.2) is 21.3 Å². The van der Waals surface area contributed by atoms with E-state index in [1.807, 2.05) is 31.2 Å². The van der Waals surface area contributed by atoms with Crippen LogP contribution in [0.4, 0.5) is 0 Å². The number of ether oxygens (including phenoxy) is 3. The van der Waals surface area contributed by atoms with Crippen molar-refractivity contribution in [1.82, 2.24) is 0 Å². The Labute approximate surface area is 136 Å². The molecule has 0 aliphatic rings. The van der Waals surface area contributed by atoms with E-state index in [-0.39, 0.29) is 0 Å². The molecule has 0 saturated heterocycles. The highest BCUT2D eigenvalue weighted by atomic mass is 16.5. The summed E-state index contributed by atoms with van der Waals surface area (Å²) < 4.78 is 16.0. The van der Waals surface area contributed by atoms with E-state index in [0.29, 0.717) is 22.8 Å². The molecule has 4 heteroatoms. The van der Waals surface area contributed by atoms with E-state index in [1.165, 1.54) is 0 Å². The van der Waals surface area contributed by atoms with Crippen molar-refractivity contribution in [3.05, 3.63) is 53.1 Å². The van der Waals surface area contributed by atoms with E-state index in [1.54, 1.807) is 39.5 Å². The van der Waals surface area contributed by atoms with Gasteiger partial charge in [-0.1, -0.05) is 29.8 Å². The SMILES string of the molecule is COc1cc(OC)c(OC)cc1/C=C(\C#N)c1cccc(C)c1. The van der Waals surface area contributed by atoms with Crippen LogP contribution in [0.2, 0.25) is 0 Å². The molecule has 0 spiro atoms. The fourth-order valence-corrected chi connectivity index (χ4v) is 2.31. The Morgan fingerprint density at radius 2 is 1.61 bits per heavy atom. The average Bonchev–Trinajstić information content (AvgIpc) is 2.58. The van der Waals surface area contributed by atoms with Gasteiger partial charge in [0, 0.05) is 11.6 Å². The van der Waals surface area contributed by atoms with Gasteiger partial charge >= 0.3 is 0 Å². The minimum Gasteiger partial charge on any atom is -0.496 e. The number of hydrogen-bond acceptors (Lipinski definition) is 4. The van der Waals surface area contributed by atoms with Crippen molar-refractivity contribution in [1.29, 1.82) is 5.26 Å². The van der Waals surface area contributed by atoms with Crippen LogP contribution in [-0.2, 0) is 0 Å². The molecular weight excluding hydrogens is 290 g/mol. The summed E-state index contributed by atoms with van der Waals surface area (Å²) in [5, 5.41) is 9.51. The molecule has 0 saturated carbocycles. The zero-order chi connectivity index (χ0) is 16.8. The molecule has 2 aromatic carbocycles. The standard InChI is InChI=1S/C19H19NO3/c1-13-6-5-7-14(8-13)16(12-20)9-15-10-18(22-3)19(23-4)11-17(15)21-2/h5-11H,1-4H3/b16-9+. The second-order valence-corrected chi connectivity index (χ2v) is 4.99. The lowest BCUT2D eigenvalue weighted by atomic mass is 10.0. The molecule has 0 amide bonds. The predicted molar refractivity (Wildman–Crippen MR) is 90.8 cm³/mol. The topological polar surface area (TPSA) is 51.5 Å². The number of rotatable bonds is 5. The minimum absolute atomic E-state index is 0.555. The van der Waals surface area contributed by atoms with Gasteiger partial charge in [-0.25, -0.2) is 0 Å². The molecule has 118 valence electrons. The van der Waals surface area contributed by atoms with Gasteiger partial charge in [0.25, 0.3) is 0 Å². The fraction of sp³-hybridized carbons (Fsp3) is 0.211. The normalized spacial score (nSPS) is 10.8. The van der Waals surface area contributed by atoms with Crippen molar-refractivity contribution in [2.75, 3.05) is 21.3 Å². The number of benzene rings is 2. The highest BCUT2D eigenvalue weighted by molar-refractivity contribution is 5.91. The lowest BCUT2D eigenvalue weighted by molar-refractivity contribution is 0.348. The zero-order valence-corrected chi connectivity index (χ0v) is 13.7. The third-order valence-electron chi connectivity index (χ3n) is 3.49. The van der Waals surface area contributed by atoms with Gasteiger partial charge in [-0.15, -0.1) is 0 Å². The second kappa shape index (κ2) is 7.37. The number of hydrogen-bond donors (Lipinski definition) is 0. The van der Waals surface area contributed by atoms with Crippen LogP contribution < -0.4 is 14.2 Å². The number of aryl methyl sites for hydroxylation is 1. The molecule has 0 aliphatic heterocycles. The van der Waals surface area contributed by atoms with E-state index in [2.05, 4.69) is 6.07 Å². The molecule has 0 aliphatic carbocycles. The molecule has 4 nitrogen and oxygen atoms in total. The summed E-state index contributed by atoms with van der Waals surface area (Å²) >= 11 is 0. The van der Waals surface area contributed by atoms with Crippen LogP contribution >= 0.6 is 0 Å². The molecule has 2 rings (SSSR count). The first-order valence-electron chi connectivity index (χ1n) is 7.11. The van der Waals surface area contributed by atoms with Gasteiger partial charge < -0.3 is 14.2 Å². The first kappa shape index (κ1) is 16.4. The first-order chi connectivity index (χ1) is 11.1. The highest BCUT2D eigenvalue weighted by Crippen LogP contribution is 2.36. The summed E-state index contributed by atoms with van der Waals surface area (Å²) in [6.07, 6.45) is 1.79. The second-order valence-electron chi connectivity index (χ2n) is 4.99. The van der Waals surface area contributed by atoms with Gasteiger partial charge in [0.1, 0.15) is 5.75 Å². The lowest BCUT2D eigenvalue weighted by Crippen LogP contribution is -1.95. The van der Waals surface area contributed by atoms with E-state index >= 15 is 0 Å². The molecule has 0 bridgehead atoms. The Bertz CT molecular complexity index is 773. The average molecular weight is 309 g/mol. The Hall–Kier alpha value is -2.93. The van der Waals surface area contributed by atoms with Crippen LogP contribution in [0.15, 0.2) is 36.4 Å². The number of methoxy groups -OCH3 is 3. The molecule has 0 atom stereocenters. The number of nitriles is 1. The Morgan fingerprint density at radius 3 is 2.17 bits per heavy atom. The lowest BCUT2D eigenvalue weighted by Gasteiger charge is -2.12. The summed E-state index contributed by atoms with van der Waals surface area (Å²) in [4.78, 5) is 0. The summed E-state index contributed by atoms with van der Waals surface area (Å²) in [7, 11) is 4.72. The Kier molecular flexibility index (Phi) is 5.27. The third kappa shape index (κ3) is 3.64. The number of allylic oxidation sites excluding steroid dienone is 1. The quantitative estimate of drug-likeness (QED) is 0.617. The zero-order valence-electron chi connectivity index (χ0n) is 13.7. The Balaban J connectivity index is 2.57. The van der Waals surface area contributed by atoms with Crippen molar-refractivity contribution >= 4 is 11.6 Å².